The van der Waals surface area contributed by atoms with Crippen molar-refractivity contribution >= 4 is 5.57 Å². The summed E-state index contributed by atoms with van der Waals surface area (Å²) in [5, 5.41) is 0. The molecule has 126 valence electrons. The number of aryl methyl sites for hydroxylation is 1. The summed E-state index contributed by atoms with van der Waals surface area (Å²) in [6.07, 6.45) is 9.60. The molecule has 1 aliphatic carbocycles. The highest BCUT2D eigenvalue weighted by atomic mass is 19.1. The zero-order chi connectivity index (χ0) is 16.9. The zero-order valence-corrected chi connectivity index (χ0v) is 14.6. The van der Waals surface area contributed by atoms with Crippen molar-refractivity contribution < 1.29 is 9.13 Å². The Morgan fingerprint density at radius 2 is 1.71 bits per heavy atom. The van der Waals surface area contributed by atoms with Crippen molar-refractivity contribution in [3.8, 4) is 16.9 Å². The number of hydrogen-bond acceptors (Lipinski definition) is 1. The molecular weight excluding hydrogens is 299 g/mol. The minimum Gasteiger partial charge on any atom is -0.497 e. The van der Waals surface area contributed by atoms with Gasteiger partial charge in [-0.15, -0.1) is 0 Å². The lowest BCUT2D eigenvalue weighted by Crippen LogP contribution is -1.96. The molecule has 0 radical (unpaired) electrons. The summed E-state index contributed by atoms with van der Waals surface area (Å²) >= 11 is 0. The molecule has 0 saturated carbocycles. The van der Waals surface area contributed by atoms with Gasteiger partial charge in [0.2, 0.25) is 0 Å². The Morgan fingerprint density at radius 1 is 0.875 bits per heavy atom. The fourth-order valence-electron chi connectivity index (χ4n) is 3.43. The van der Waals surface area contributed by atoms with E-state index < -0.39 is 0 Å². The fraction of sp³-hybridized carbons (Fsp3) is 0.364. The second-order valence-electron chi connectivity index (χ2n) is 6.58. The Bertz CT molecular complexity index is 746. The van der Waals surface area contributed by atoms with E-state index in [-0.39, 0.29) is 5.82 Å². The molecule has 0 bridgehead atoms. The van der Waals surface area contributed by atoms with Crippen LogP contribution in [0.3, 0.4) is 0 Å². The summed E-state index contributed by atoms with van der Waals surface area (Å²) in [5.41, 5.74) is 5.32. The maximum Gasteiger partial charge on any atom is 0.131 e. The van der Waals surface area contributed by atoms with Gasteiger partial charge in [0.15, 0.2) is 0 Å². The van der Waals surface area contributed by atoms with Crippen LogP contribution in [0.1, 0.15) is 49.7 Å². The Labute approximate surface area is 144 Å². The molecule has 0 N–H and O–H groups in total. The van der Waals surface area contributed by atoms with Crippen molar-refractivity contribution in [2.75, 3.05) is 7.11 Å². The average molecular weight is 324 g/mol. The van der Waals surface area contributed by atoms with Gasteiger partial charge in [0, 0.05) is 5.56 Å². The second kappa shape index (κ2) is 7.65. The van der Waals surface area contributed by atoms with Crippen LogP contribution in [0.4, 0.5) is 4.39 Å². The first-order valence-corrected chi connectivity index (χ1v) is 8.83. The van der Waals surface area contributed by atoms with Crippen molar-refractivity contribution in [3.63, 3.8) is 0 Å². The molecular formula is C22H25FO. The van der Waals surface area contributed by atoms with Gasteiger partial charge in [0.05, 0.1) is 7.11 Å². The van der Waals surface area contributed by atoms with E-state index in [0.29, 0.717) is 11.3 Å². The summed E-state index contributed by atoms with van der Waals surface area (Å²) < 4.78 is 19.8. The molecule has 0 unspecified atom stereocenters. The number of rotatable bonds is 3. The highest BCUT2D eigenvalue weighted by Crippen LogP contribution is 2.36. The van der Waals surface area contributed by atoms with Crippen molar-refractivity contribution in [2.45, 2.75) is 45.4 Å². The lowest BCUT2D eigenvalue weighted by atomic mass is 9.88. The molecule has 2 aromatic carbocycles. The quantitative estimate of drug-likeness (QED) is 0.622. The molecule has 1 nitrogen and oxygen atoms in total. The molecule has 0 spiro atoms. The summed E-state index contributed by atoms with van der Waals surface area (Å²) in [7, 11) is 1.62. The minimum atomic E-state index is -0.202. The number of methoxy groups -OCH3 is 1. The lowest BCUT2D eigenvalue weighted by Gasteiger charge is -2.17. The van der Waals surface area contributed by atoms with Gasteiger partial charge in [0.25, 0.3) is 0 Å². The summed E-state index contributed by atoms with van der Waals surface area (Å²) in [5.74, 6) is 0.483. The summed E-state index contributed by atoms with van der Waals surface area (Å²) in [6.45, 7) is 2.10. The number of allylic oxidation sites excluding steroid dienone is 2. The van der Waals surface area contributed by atoms with E-state index in [0.717, 1.165) is 18.4 Å². The van der Waals surface area contributed by atoms with E-state index >= 15 is 0 Å². The van der Waals surface area contributed by atoms with Crippen molar-refractivity contribution in [1.82, 2.24) is 0 Å². The smallest absolute Gasteiger partial charge is 0.131 e. The molecule has 0 heterocycles. The number of ether oxygens (including phenoxy) is 1. The van der Waals surface area contributed by atoms with Crippen molar-refractivity contribution in [3.05, 3.63) is 59.4 Å². The Morgan fingerprint density at radius 3 is 2.54 bits per heavy atom. The standard InChI is InChI=1S/C22H25FO/c1-16-10-12-19(21-15-18(24-2)11-13-22(21)23)20(14-16)17-8-6-4-3-5-7-9-17/h8,10-15H,3-7,9H2,1-2H3/b17-8+. The monoisotopic (exact) mass is 324 g/mol. The molecule has 0 aromatic heterocycles. The van der Waals surface area contributed by atoms with Gasteiger partial charge in [0.1, 0.15) is 11.6 Å². The maximum atomic E-state index is 14.5. The first-order valence-electron chi connectivity index (χ1n) is 8.83. The first kappa shape index (κ1) is 16.8. The molecule has 0 atom stereocenters. The molecule has 2 heteroatoms. The number of hydrogen-bond donors (Lipinski definition) is 0. The third kappa shape index (κ3) is 3.69. The molecule has 3 rings (SSSR count). The molecule has 0 fully saturated rings. The normalized spacial score (nSPS) is 17.5. The van der Waals surface area contributed by atoms with Crippen LogP contribution in [0, 0.1) is 12.7 Å². The molecule has 24 heavy (non-hydrogen) atoms. The molecule has 0 amide bonds. The highest BCUT2D eigenvalue weighted by molar-refractivity contribution is 5.82. The average Bonchev–Trinajstić information content (AvgIpc) is 2.55. The Kier molecular flexibility index (Phi) is 5.34. The summed E-state index contributed by atoms with van der Waals surface area (Å²) in [6, 6.07) is 11.3. The zero-order valence-electron chi connectivity index (χ0n) is 14.6. The van der Waals surface area contributed by atoms with Crippen LogP contribution in [0.25, 0.3) is 16.7 Å². The maximum absolute atomic E-state index is 14.5. The fourth-order valence-corrected chi connectivity index (χ4v) is 3.43. The van der Waals surface area contributed by atoms with E-state index in [9.17, 15) is 4.39 Å². The topological polar surface area (TPSA) is 9.23 Å². The van der Waals surface area contributed by atoms with Crippen LogP contribution >= 0.6 is 0 Å². The predicted molar refractivity (Wildman–Crippen MR) is 98.8 cm³/mol. The lowest BCUT2D eigenvalue weighted by molar-refractivity contribution is 0.414. The molecule has 0 aliphatic heterocycles. The van der Waals surface area contributed by atoms with Gasteiger partial charge in [-0.1, -0.05) is 42.7 Å². The van der Waals surface area contributed by atoms with Crippen LogP contribution in [-0.4, -0.2) is 7.11 Å². The van der Waals surface area contributed by atoms with Gasteiger partial charge in [-0.25, -0.2) is 4.39 Å². The van der Waals surface area contributed by atoms with Crippen LogP contribution in [0.15, 0.2) is 42.5 Å². The van der Waals surface area contributed by atoms with E-state index in [4.69, 9.17) is 4.74 Å². The van der Waals surface area contributed by atoms with Gasteiger partial charge in [-0.05, 0) is 67.5 Å². The molecule has 1 aliphatic rings. The predicted octanol–water partition coefficient (Wildman–Crippen LogP) is 6.55. The van der Waals surface area contributed by atoms with E-state index in [1.165, 1.54) is 48.4 Å². The van der Waals surface area contributed by atoms with Gasteiger partial charge in [-0.2, -0.15) is 0 Å². The van der Waals surface area contributed by atoms with E-state index in [1.54, 1.807) is 19.2 Å². The minimum absolute atomic E-state index is 0.202. The highest BCUT2D eigenvalue weighted by Gasteiger charge is 2.15. The van der Waals surface area contributed by atoms with Gasteiger partial charge < -0.3 is 4.74 Å². The third-order valence-corrected chi connectivity index (χ3v) is 4.78. The van der Waals surface area contributed by atoms with Crippen LogP contribution in [-0.2, 0) is 0 Å². The first-order chi connectivity index (χ1) is 11.7. The Balaban J connectivity index is 2.12. The van der Waals surface area contributed by atoms with Gasteiger partial charge in [-0.3, -0.25) is 0 Å². The second-order valence-corrected chi connectivity index (χ2v) is 6.58. The third-order valence-electron chi connectivity index (χ3n) is 4.78. The van der Waals surface area contributed by atoms with Gasteiger partial charge >= 0.3 is 0 Å². The SMILES string of the molecule is COc1ccc(F)c(-c2ccc(C)cc2/C2=C/CCCCCC2)c1. The van der Waals surface area contributed by atoms with Crippen LogP contribution < -0.4 is 4.74 Å². The van der Waals surface area contributed by atoms with Crippen LogP contribution in [0.5, 0.6) is 5.75 Å². The number of halogens is 1. The van der Waals surface area contributed by atoms with E-state index in [2.05, 4.69) is 25.1 Å². The van der Waals surface area contributed by atoms with Crippen LogP contribution in [0.2, 0.25) is 0 Å². The number of benzene rings is 2. The largest absolute Gasteiger partial charge is 0.497 e. The molecule has 2 aromatic rings. The molecule has 0 saturated heterocycles. The summed E-state index contributed by atoms with van der Waals surface area (Å²) in [4.78, 5) is 0. The van der Waals surface area contributed by atoms with Crippen molar-refractivity contribution in [1.29, 1.82) is 0 Å². The Hall–Kier alpha value is -2.09. The van der Waals surface area contributed by atoms with Crippen molar-refractivity contribution in [2.24, 2.45) is 0 Å². The van der Waals surface area contributed by atoms with E-state index in [1.807, 2.05) is 6.07 Å².